The van der Waals surface area contributed by atoms with Gasteiger partial charge in [-0.15, -0.1) is 0 Å². The van der Waals surface area contributed by atoms with E-state index in [1.54, 1.807) is 19.1 Å². The minimum atomic E-state index is -4.41. The summed E-state index contributed by atoms with van der Waals surface area (Å²) in [5.41, 5.74) is -0.217. The molecule has 3 aromatic rings. The van der Waals surface area contributed by atoms with Crippen LogP contribution in [0, 0.1) is 20.2 Å². The number of carbonyl (C=O) groups is 1. The fourth-order valence-electron chi connectivity index (χ4n) is 3.87. The van der Waals surface area contributed by atoms with Gasteiger partial charge in [0.2, 0.25) is 9.84 Å². The Balaban J connectivity index is 1.90. The molecule has 12 heteroatoms. The summed E-state index contributed by atoms with van der Waals surface area (Å²) in [6, 6.07) is 16.4. The third kappa shape index (κ3) is 4.53. The van der Waals surface area contributed by atoms with E-state index in [0.29, 0.717) is 12.4 Å². The Morgan fingerprint density at radius 1 is 0.944 bits per heavy atom. The number of ether oxygens (including phenoxy) is 1. The highest BCUT2D eigenvalue weighted by Gasteiger charge is 2.50. The second kappa shape index (κ2) is 9.58. The molecule has 0 aromatic heterocycles. The fourth-order valence-corrected chi connectivity index (χ4v) is 5.75. The number of benzene rings is 3. The third-order valence-electron chi connectivity index (χ3n) is 5.44. The Morgan fingerprint density at radius 3 is 2.17 bits per heavy atom. The first kappa shape index (κ1) is 24.5. The van der Waals surface area contributed by atoms with Crippen LogP contribution < -0.4 is 9.64 Å². The van der Waals surface area contributed by atoms with Gasteiger partial charge in [-0.1, -0.05) is 24.3 Å². The number of nitrogens with zero attached hydrogens (tertiary/aromatic N) is 3. The SMILES string of the molecule is CCOc1ccc(N2C(=O)/C(=C\c3cccc([N+](=O)[O-])c3)S(=O)(=O)C2c2cccc([N+](=O)[O-])c2)cc1. The molecule has 1 saturated heterocycles. The maximum atomic E-state index is 13.7. The Morgan fingerprint density at radius 2 is 1.56 bits per heavy atom. The molecular weight excluding hydrogens is 490 g/mol. The van der Waals surface area contributed by atoms with E-state index in [2.05, 4.69) is 0 Å². The van der Waals surface area contributed by atoms with Gasteiger partial charge < -0.3 is 4.74 Å². The molecule has 0 aliphatic carbocycles. The van der Waals surface area contributed by atoms with Crippen LogP contribution in [0.15, 0.2) is 77.7 Å². The zero-order chi connectivity index (χ0) is 26.0. The van der Waals surface area contributed by atoms with Gasteiger partial charge in [-0.3, -0.25) is 29.9 Å². The average molecular weight is 509 g/mol. The number of anilines is 1. The maximum absolute atomic E-state index is 13.7. The molecule has 3 aromatic carbocycles. The van der Waals surface area contributed by atoms with E-state index in [0.717, 1.165) is 23.1 Å². The number of nitro benzene ring substituents is 2. The smallest absolute Gasteiger partial charge is 0.271 e. The normalized spacial score (nSPS) is 17.8. The summed E-state index contributed by atoms with van der Waals surface area (Å²) >= 11 is 0. The third-order valence-corrected chi connectivity index (χ3v) is 7.41. The topological polar surface area (TPSA) is 150 Å². The van der Waals surface area contributed by atoms with Crippen LogP contribution in [-0.4, -0.2) is 30.8 Å². The van der Waals surface area contributed by atoms with Gasteiger partial charge in [-0.25, -0.2) is 8.42 Å². The molecule has 0 spiro atoms. The summed E-state index contributed by atoms with van der Waals surface area (Å²) in [4.78, 5) is 35.2. The standard InChI is InChI=1S/C24H19N3O8S/c1-2-35-21-11-9-18(10-12-21)25-23(28)22(14-16-5-3-7-19(13-16)26(29)30)36(33,34)24(25)17-6-4-8-20(15-17)27(31)32/h3-15,24H,2H2,1H3/b22-14+. The Hall–Kier alpha value is -4.58. The molecule has 1 unspecified atom stereocenters. The maximum Gasteiger partial charge on any atom is 0.271 e. The predicted octanol–water partition coefficient (Wildman–Crippen LogP) is 4.40. The van der Waals surface area contributed by atoms with E-state index in [1.165, 1.54) is 48.5 Å². The first-order valence-corrected chi connectivity index (χ1v) is 12.2. The molecule has 0 saturated carbocycles. The molecule has 184 valence electrons. The van der Waals surface area contributed by atoms with E-state index >= 15 is 0 Å². The van der Waals surface area contributed by atoms with Gasteiger partial charge in [0.15, 0.2) is 5.37 Å². The summed E-state index contributed by atoms with van der Waals surface area (Å²) in [6.07, 6.45) is 1.07. The highest BCUT2D eigenvalue weighted by atomic mass is 32.2. The molecule has 1 aliphatic heterocycles. The lowest BCUT2D eigenvalue weighted by Gasteiger charge is -2.23. The number of sulfone groups is 1. The van der Waals surface area contributed by atoms with Crippen molar-refractivity contribution in [3.8, 4) is 5.75 Å². The number of hydrogen-bond acceptors (Lipinski definition) is 8. The first-order chi connectivity index (χ1) is 17.1. The first-order valence-electron chi connectivity index (χ1n) is 10.6. The van der Waals surface area contributed by atoms with E-state index in [1.807, 2.05) is 0 Å². The summed E-state index contributed by atoms with van der Waals surface area (Å²) in [7, 11) is -4.41. The Kier molecular flexibility index (Phi) is 6.53. The van der Waals surface area contributed by atoms with Gasteiger partial charge in [0.1, 0.15) is 10.7 Å². The van der Waals surface area contributed by atoms with Crippen molar-refractivity contribution in [2.24, 2.45) is 0 Å². The van der Waals surface area contributed by atoms with Gasteiger partial charge in [-0.2, -0.15) is 0 Å². The Labute approximate surface area is 205 Å². The van der Waals surface area contributed by atoms with Crippen LogP contribution in [0.1, 0.15) is 23.4 Å². The number of hydrogen-bond donors (Lipinski definition) is 0. The van der Waals surface area contributed by atoms with E-state index < -0.39 is 35.9 Å². The second-order valence-electron chi connectivity index (χ2n) is 7.71. The number of amides is 1. The molecule has 1 atom stereocenters. The molecule has 4 rings (SSSR count). The highest BCUT2D eigenvalue weighted by molar-refractivity contribution is 7.97. The molecule has 1 aliphatic rings. The van der Waals surface area contributed by atoms with Crippen molar-refractivity contribution < 1.29 is 27.8 Å². The van der Waals surface area contributed by atoms with E-state index in [-0.39, 0.29) is 28.2 Å². The van der Waals surface area contributed by atoms with Crippen molar-refractivity contribution in [2.75, 3.05) is 11.5 Å². The number of nitro groups is 2. The van der Waals surface area contributed by atoms with Crippen molar-refractivity contribution in [1.82, 2.24) is 0 Å². The van der Waals surface area contributed by atoms with Gasteiger partial charge in [0.05, 0.1) is 16.5 Å². The van der Waals surface area contributed by atoms with Crippen molar-refractivity contribution in [1.29, 1.82) is 0 Å². The zero-order valence-electron chi connectivity index (χ0n) is 18.8. The fraction of sp³-hybridized carbons (Fsp3) is 0.125. The van der Waals surface area contributed by atoms with Crippen LogP contribution in [0.3, 0.4) is 0 Å². The minimum Gasteiger partial charge on any atom is -0.494 e. The summed E-state index contributed by atoms with van der Waals surface area (Å²) in [5, 5.41) is 20.9. The van der Waals surface area contributed by atoms with Crippen LogP contribution in [0.25, 0.3) is 6.08 Å². The lowest BCUT2D eigenvalue weighted by molar-refractivity contribution is -0.385. The van der Waals surface area contributed by atoms with Crippen molar-refractivity contribution in [2.45, 2.75) is 12.3 Å². The predicted molar refractivity (Wildman–Crippen MR) is 131 cm³/mol. The van der Waals surface area contributed by atoms with Gasteiger partial charge in [0, 0.05) is 30.0 Å². The molecule has 0 bridgehead atoms. The largest absolute Gasteiger partial charge is 0.494 e. The summed E-state index contributed by atoms with van der Waals surface area (Å²) < 4.78 is 32.8. The van der Waals surface area contributed by atoms with E-state index in [4.69, 9.17) is 4.74 Å². The van der Waals surface area contributed by atoms with Crippen molar-refractivity contribution in [3.05, 3.63) is 109 Å². The number of carbonyl (C=O) groups excluding carboxylic acids is 1. The second-order valence-corrected chi connectivity index (χ2v) is 9.69. The average Bonchev–Trinajstić information content (AvgIpc) is 3.05. The molecule has 36 heavy (non-hydrogen) atoms. The molecule has 1 heterocycles. The van der Waals surface area contributed by atoms with Crippen molar-refractivity contribution >= 4 is 38.9 Å². The molecule has 1 fully saturated rings. The number of non-ortho nitro benzene ring substituents is 2. The quantitative estimate of drug-likeness (QED) is 0.258. The highest BCUT2D eigenvalue weighted by Crippen LogP contribution is 2.44. The lowest BCUT2D eigenvalue weighted by Crippen LogP contribution is -2.29. The van der Waals surface area contributed by atoms with Crippen LogP contribution in [0.2, 0.25) is 0 Å². The van der Waals surface area contributed by atoms with Gasteiger partial charge in [-0.05, 0) is 48.4 Å². The number of rotatable bonds is 7. The lowest BCUT2D eigenvalue weighted by atomic mass is 10.1. The van der Waals surface area contributed by atoms with Gasteiger partial charge in [0.25, 0.3) is 17.3 Å². The molecule has 11 nitrogen and oxygen atoms in total. The van der Waals surface area contributed by atoms with Crippen molar-refractivity contribution in [3.63, 3.8) is 0 Å². The summed E-state index contributed by atoms with van der Waals surface area (Å²) in [6.45, 7) is 2.20. The minimum absolute atomic E-state index is 0.0221. The molecule has 1 amide bonds. The van der Waals surface area contributed by atoms with Crippen LogP contribution in [0.5, 0.6) is 5.75 Å². The monoisotopic (exact) mass is 509 g/mol. The zero-order valence-corrected chi connectivity index (χ0v) is 19.6. The molecule has 0 radical (unpaired) electrons. The van der Waals surface area contributed by atoms with Crippen LogP contribution in [0.4, 0.5) is 17.1 Å². The molecule has 0 N–H and O–H groups in total. The van der Waals surface area contributed by atoms with Crippen LogP contribution in [-0.2, 0) is 14.6 Å². The van der Waals surface area contributed by atoms with E-state index in [9.17, 15) is 33.4 Å². The molecular formula is C24H19N3O8S. The Bertz CT molecular complexity index is 1500. The van der Waals surface area contributed by atoms with Crippen LogP contribution >= 0.6 is 0 Å². The van der Waals surface area contributed by atoms with Gasteiger partial charge >= 0.3 is 0 Å². The summed E-state index contributed by atoms with van der Waals surface area (Å²) in [5.74, 6) is -0.364.